The lowest BCUT2D eigenvalue weighted by Crippen LogP contribution is -2.46. The van der Waals surface area contributed by atoms with E-state index in [4.69, 9.17) is 0 Å². The van der Waals surface area contributed by atoms with E-state index in [-0.39, 0.29) is 27.7 Å². The van der Waals surface area contributed by atoms with Gasteiger partial charge in [-0.2, -0.15) is 0 Å². The Balaban J connectivity index is 1.52. The summed E-state index contributed by atoms with van der Waals surface area (Å²) in [5.74, 6) is -2.13. The summed E-state index contributed by atoms with van der Waals surface area (Å²) in [6.07, 6.45) is 2.72. The van der Waals surface area contributed by atoms with Crippen LogP contribution >= 0.6 is 0 Å². The molecule has 1 fully saturated rings. The van der Waals surface area contributed by atoms with Crippen LogP contribution in [0.4, 0.5) is 20.2 Å². The van der Waals surface area contributed by atoms with E-state index in [2.05, 4.69) is 9.88 Å². The van der Waals surface area contributed by atoms with Crippen molar-refractivity contribution in [3.05, 3.63) is 75.7 Å². The summed E-state index contributed by atoms with van der Waals surface area (Å²) in [6, 6.07) is 8.40. The van der Waals surface area contributed by atoms with Gasteiger partial charge in [-0.1, -0.05) is 6.07 Å². The summed E-state index contributed by atoms with van der Waals surface area (Å²) in [4.78, 5) is 32.9. The van der Waals surface area contributed by atoms with E-state index in [0.29, 0.717) is 49.5 Å². The van der Waals surface area contributed by atoms with Gasteiger partial charge in [-0.05, 0) is 43.7 Å². The third kappa shape index (κ3) is 3.77. The number of fused-ring (bicyclic) bond motifs is 3. The molecule has 2 aromatic carbocycles. The summed E-state index contributed by atoms with van der Waals surface area (Å²) < 4.78 is 31.3. The highest BCUT2D eigenvalue weighted by atomic mass is 19.1. The predicted molar refractivity (Wildman–Crippen MR) is 132 cm³/mol. The highest BCUT2D eigenvalue weighted by molar-refractivity contribution is 6.07. The second kappa shape index (κ2) is 8.65. The third-order valence-electron chi connectivity index (χ3n) is 6.72. The Hall–Kier alpha value is -4.01. The first-order chi connectivity index (χ1) is 16.8. The number of hydrogen-bond acceptors (Lipinski definition) is 5. The fraction of sp³-hybridized carbons (Fsp3) is 0.269. The number of pyridine rings is 2. The van der Waals surface area contributed by atoms with Crippen LogP contribution < -0.4 is 15.2 Å². The van der Waals surface area contributed by atoms with Gasteiger partial charge in [-0.3, -0.25) is 9.78 Å². The largest absolute Gasteiger partial charge is 0.477 e. The number of carboxylic acid groups (broad SMARTS) is 1. The van der Waals surface area contributed by atoms with Crippen molar-refractivity contribution in [3.8, 4) is 0 Å². The van der Waals surface area contributed by atoms with Gasteiger partial charge in [0.25, 0.3) is 0 Å². The van der Waals surface area contributed by atoms with Crippen LogP contribution in [0, 0.1) is 18.6 Å². The Morgan fingerprint density at radius 3 is 2.46 bits per heavy atom. The van der Waals surface area contributed by atoms with Crippen molar-refractivity contribution in [2.24, 2.45) is 0 Å². The molecule has 0 atom stereocenters. The lowest BCUT2D eigenvalue weighted by molar-refractivity contribution is 0.0695. The number of carboxylic acids is 1. The molecule has 0 bridgehead atoms. The summed E-state index contributed by atoms with van der Waals surface area (Å²) in [7, 11) is 0. The minimum atomic E-state index is -1.33. The fourth-order valence-corrected chi connectivity index (χ4v) is 4.73. The van der Waals surface area contributed by atoms with E-state index in [1.165, 1.54) is 18.5 Å². The first-order valence-corrected chi connectivity index (χ1v) is 11.4. The molecular weight excluding hydrogens is 454 g/mol. The minimum absolute atomic E-state index is 0.0281. The molecule has 5 rings (SSSR count). The first-order valence-electron chi connectivity index (χ1n) is 11.4. The van der Waals surface area contributed by atoms with Crippen molar-refractivity contribution in [1.82, 2.24) is 9.55 Å². The molecule has 0 radical (unpaired) electrons. The first kappa shape index (κ1) is 22.8. The quantitative estimate of drug-likeness (QED) is 0.444. The smallest absolute Gasteiger partial charge is 0.341 e. The Morgan fingerprint density at radius 1 is 1.09 bits per heavy atom. The number of anilines is 2. The average Bonchev–Trinajstić information content (AvgIpc) is 2.86. The van der Waals surface area contributed by atoms with Crippen LogP contribution in [0.3, 0.4) is 0 Å². The molecule has 2 aromatic heterocycles. The molecule has 3 heterocycles. The number of halogens is 2. The fourth-order valence-electron chi connectivity index (χ4n) is 4.73. The Labute approximate surface area is 199 Å². The predicted octanol–water partition coefficient (Wildman–Crippen LogP) is 4.18. The normalized spacial score (nSPS) is 14.2. The van der Waals surface area contributed by atoms with E-state index in [1.807, 2.05) is 17.9 Å². The maximum Gasteiger partial charge on any atom is 0.341 e. The second-order valence-electron chi connectivity index (χ2n) is 8.68. The van der Waals surface area contributed by atoms with Gasteiger partial charge < -0.3 is 19.5 Å². The van der Waals surface area contributed by atoms with E-state index in [9.17, 15) is 19.1 Å². The van der Waals surface area contributed by atoms with Gasteiger partial charge >= 0.3 is 5.97 Å². The maximum absolute atomic E-state index is 15.7. The van der Waals surface area contributed by atoms with Gasteiger partial charge in [0.05, 0.1) is 22.8 Å². The Bertz CT molecular complexity index is 1540. The van der Waals surface area contributed by atoms with Gasteiger partial charge in [0.15, 0.2) is 5.82 Å². The van der Waals surface area contributed by atoms with E-state index in [0.717, 1.165) is 5.69 Å². The highest BCUT2D eigenvalue weighted by Crippen LogP contribution is 2.31. The molecule has 0 aliphatic carbocycles. The van der Waals surface area contributed by atoms with Crippen LogP contribution in [-0.4, -0.2) is 46.8 Å². The zero-order valence-corrected chi connectivity index (χ0v) is 19.4. The number of nitrogens with zero attached hydrogens (tertiary/aromatic N) is 4. The molecule has 1 aliphatic heterocycles. The number of aromatic nitrogens is 2. The van der Waals surface area contributed by atoms with Crippen molar-refractivity contribution in [1.29, 1.82) is 0 Å². The molecule has 35 heavy (non-hydrogen) atoms. The van der Waals surface area contributed by atoms with Gasteiger partial charge in [0.1, 0.15) is 16.9 Å². The van der Waals surface area contributed by atoms with E-state index >= 15 is 4.39 Å². The van der Waals surface area contributed by atoms with Crippen LogP contribution in [0.2, 0.25) is 0 Å². The molecule has 1 N–H and O–H groups in total. The SMILES string of the molecule is CCn1cc(C(=O)O)c(=O)c2c3ccc(N4CCN(c5ccc(C)c(F)c5)CC4)c(F)c3ncc21. The second-order valence-corrected chi connectivity index (χ2v) is 8.68. The number of piperazine rings is 1. The molecular formula is C26H24F2N4O3. The number of benzene rings is 2. The zero-order chi connectivity index (χ0) is 24.9. The molecule has 180 valence electrons. The standard InChI is InChI=1S/C26H24F2N4O3/c1-3-30-14-18(26(34)35)25(33)22-17-6-7-20(23(28)24(17)29-13-21(22)30)32-10-8-31(9-11-32)16-5-4-15(2)19(27)12-16/h4-7,12-14H,3,8-11H2,1-2H3,(H,34,35). The van der Waals surface area contributed by atoms with Crippen LogP contribution in [0.5, 0.6) is 0 Å². The van der Waals surface area contributed by atoms with E-state index < -0.39 is 17.2 Å². The summed E-state index contributed by atoms with van der Waals surface area (Å²) in [6.45, 7) is 6.21. The molecule has 7 nitrogen and oxygen atoms in total. The monoisotopic (exact) mass is 478 g/mol. The lowest BCUT2D eigenvalue weighted by Gasteiger charge is -2.37. The van der Waals surface area contributed by atoms with Crippen LogP contribution in [0.1, 0.15) is 22.8 Å². The Morgan fingerprint density at radius 2 is 1.80 bits per heavy atom. The summed E-state index contributed by atoms with van der Waals surface area (Å²) in [5, 5.41) is 9.92. The number of hydrogen-bond donors (Lipinski definition) is 1. The average molecular weight is 478 g/mol. The third-order valence-corrected chi connectivity index (χ3v) is 6.72. The lowest BCUT2D eigenvalue weighted by atomic mass is 10.1. The van der Waals surface area contributed by atoms with E-state index in [1.54, 1.807) is 29.7 Å². The van der Waals surface area contributed by atoms with Crippen molar-refractivity contribution in [3.63, 3.8) is 0 Å². The van der Waals surface area contributed by atoms with Crippen molar-refractivity contribution < 1.29 is 18.7 Å². The zero-order valence-electron chi connectivity index (χ0n) is 19.4. The molecule has 4 aromatic rings. The topological polar surface area (TPSA) is 78.7 Å². The molecule has 1 saturated heterocycles. The molecule has 0 spiro atoms. The Kier molecular flexibility index (Phi) is 5.62. The van der Waals surface area contributed by atoms with Gasteiger partial charge in [0.2, 0.25) is 5.43 Å². The van der Waals surface area contributed by atoms with Crippen molar-refractivity contribution >= 4 is 39.1 Å². The van der Waals surface area contributed by atoms with Crippen LogP contribution in [-0.2, 0) is 6.54 Å². The number of aryl methyl sites for hydroxylation is 2. The number of carbonyl (C=O) groups is 1. The highest BCUT2D eigenvalue weighted by Gasteiger charge is 2.24. The van der Waals surface area contributed by atoms with Crippen molar-refractivity contribution in [2.75, 3.05) is 36.0 Å². The van der Waals surface area contributed by atoms with Crippen LogP contribution in [0.15, 0.2) is 47.5 Å². The minimum Gasteiger partial charge on any atom is -0.477 e. The summed E-state index contributed by atoms with van der Waals surface area (Å²) in [5.41, 5.74) is 1.22. The van der Waals surface area contributed by atoms with Gasteiger partial charge in [-0.25, -0.2) is 13.6 Å². The summed E-state index contributed by atoms with van der Waals surface area (Å²) >= 11 is 0. The number of rotatable bonds is 4. The van der Waals surface area contributed by atoms with Crippen molar-refractivity contribution in [2.45, 2.75) is 20.4 Å². The molecule has 0 saturated carbocycles. The van der Waals surface area contributed by atoms with Gasteiger partial charge in [-0.15, -0.1) is 0 Å². The molecule has 0 amide bonds. The molecule has 0 unspecified atom stereocenters. The van der Waals surface area contributed by atoms with Crippen LogP contribution in [0.25, 0.3) is 21.8 Å². The number of aromatic carboxylic acids is 1. The molecule has 9 heteroatoms. The molecule has 1 aliphatic rings. The maximum atomic E-state index is 15.7. The van der Waals surface area contributed by atoms with Gasteiger partial charge in [0, 0.05) is 50.0 Å².